The van der Waals surface area contributed by atoms with Crippen LogP contribution in [0.2, 0.25) is 0 Å². The van der Waals surface area contributed by atoms with Gasteiger partial charge < -0.3 is 10.0 Å². The topological polar surface area (TPSA) is 58.8 Å². The molecule has 2 aliphatic rings. The Bertz CT molecular complexity index is 692. The SMILES string of the molecule is CC(C(=O)O)c1ccccc1.CCC1CC[NH+](CC(=O)C2=CCCC=C2)CC1.CCl. The normalized spacial score (nSPS) is 21.1. The molecule has 1 saturated heterocycles. The van der Waals surface area contributed by atoms with Crippen molar-refractivity contribution in [2.45, 2.75) is 51.9 Å². The van der Waals surface area contributed by atoms with Gasteiger partial charge in [-0.2, -0.15) is 0 Å². The van der Waals surface area contributed by atoms with Crippen molar-refractivity contribution >= 4 is 23.4 Å². The summed E-state index contributed by atoms with van der Waals surface area (Å²) in [6.45, 7) is 7.02. The van der Waals surface area contributed by atoms with E-state index in [0.717, 1.165) is 29.9 Å². The largest absolute Gasteiger partial charge is 0.481 e. The van der Waals surface area contributed by atoms with Gasteiger partial charge in [-0.05, 0) is 44.1 Å². The van der Waals surface area contributed by atoms with Crippen molar-refractivity contribution in [2.24, 2.45) is 5.92 Å². The van der Waals surface area contributed by atoms with Crippen LogP contribution < -0.4 is 4.90 Å². The number of allylic oxidation sites excluding steroid dienone is 3. The number of likely N-dealkylation sites (tertiary alicyclic amines) is 1. The number of nitrogens with one attached hydrogen (secondary N) is 1. The number of piperidine rings is 1. The van der Waals surface area contributed by atoms with Gasteiger partial charge in [0.2, 0.25) is 5.78 Å². The van der Waals surface area contributed by atoms with Crippen molar-refractivity contribution in [2.75, 3.05) is 26.0 Å². The highest BCUT2D eigenvalue weighted by atomic mass is 35.5. The Morgan fingerprint density at radius 2 is 1.77 bits per heavy atom. The maximum absolute atomic E-state index is 12.1. The van der Waals surface area contributed by atoms with Gasteiger partial charge in [0.25, 0.3) is 0 Å². The van der Waals surface area contributed by atoms with E-state index in [1.807, 2.05) is 36.4 Å². The van der Waals surface area contributed by atoms with Crippen molar-refractivity contribution in [3.05, 3.63) is 59.7 Å². The second kappa shape index (κ2) is 15.0. The maximum atomic E-state index is 12.1. The second-order valence-electron chi connectivity index (χ2n) is 7.81. The quantitative estimate of drug-likeness (QED) is 0.657. The number of halogens is 1. The van der Waals surface area contributed by atoms with E-state index in [4.69, 9.17) is 5.11 Å². The number of aliphatic carboxylic acids is 1. The number of hydrogen-bond acceptors (Lipinski definition) is 2. The van der Waals surface area contributed by atoms with Crippen LogP contribution in [0, 0.1) is 5.92 Å². The number of Topliss-reactive ketones (excluding diaryl/α,β-unsaturated/α-hetero) is 1. The molecule has 0 spiro atoms. The highest BCUT2D eigenvalue weighted by molar-refractivity contribution is 6.15. The van der Waals surface area contributed by atoms with Crippen molar-refractivity contribution < 1.29 is 19.6 Å². The Balaban J connectivity index is 0.000000300. The van der Waals surface area contributed by atoms with Gasteiger partial charge in [0.1, 0.15) is 6.54 Å². The van der Waals surface area contributed by atoms with Crippen molar-refractivity contribution in [3.63, 3.8) is 0 Å². The molecular weight excluding hydrogens is 398 g/mol. The van der Waals surface area contributed by atoms with Crippen LogP contribution in [0.5, 0.6) is 0 Å². The molecule has 1 aromatic rings. The Hall–Kier alpha value is -1.91. The minimum Gasteiger partial charge on any atom is -0.481 e. The van der Waals surface area contributed by atoms with E-state index in [0.29, 0.717) is 12.3 Å². The van der Waals surface area contributed by atoms with Crippen LogP contribution in [0.3, 0.4) is 0 Å². The average Bonchev–Trinajstić information content (AvgIpc) is 2.82. The molecule has 0 amide bonds. The van der Waals surface area contributed by atoms with E-state index in [9.17, 15) is 9.59 Å². The van der Waals surface area contributed by atoms with Crippen LogP contribution in [0.1, 0.15) is 57.4 Å². The van der Waals surface area contributed by atoms with Gasteiger partial charge in [-0.3, -0.25) is 9.59 Å². The minimum absolute atomic E-state index is 0.339. The molecule has 1 aliphatic heterocycles. The smallest absolute Gasteiger partial charge is 0.310 e. The standard InChI is InChI=1S/C15H23NO.C9H10O2.CH3Cl/c1-2-13-8-10-16(11-9-13)12-15(17)14-6-4-3-5-7-14;1-7(9(10)11)8-5-3-2-4-6-8;1-2/h4,6-7,13H,2-3,5,8-12H2,1H3;2-7H,1H3,(H,10,11);1H3/p+1. The Morgan fingerprint density at radius 3 is 2.27 bits per heavy atom. The average molecular weight is 435 g/mol. The lowest BCUT2D eigenvalue weighted by atomic mass is 9.94. The molecular formula is C25H37ClNO3+. The molecule has 3 rings (SSSR count). The fourth-order valence-corrected chi connectivity index (χ4v) is 3.70. The fraction of sp³-hybridized carbons (Fsp3) is 0.520. The third kappa shape index (κ3) is 9.27. The third-order valence-corrected chi connectivity index (χ3v) is 5.79. The Morgan fingerprint density at radius 1 is 1.13 bits per heavy atom. The van der Waals surface area contributed by atoms with Crippen molar-refractivity contribution in [3.8, 4) is 0 Å². The molecule has 0 aromatic heterocycles. The minimum atomic E-state index is -0.781. The summed E-state index contributed by atoms with van der Waals surface area (Å²) in [4.78, 5) is 24.1. The molecule has 1 heterocycles. The molecule has 1 aromatic carbocycles. The Kier molecular flexibility index (Phi) is 13.0. The first-order chi connectivity index (χ1) is 14.5. The van der Waals surface area contributed by atoms with E-state index < -0.39 is 11.9 Å². The molecule has 30 heavy (non-hydrogen) atoms. The third-order valence-electron chi connectivity index (χ3n) is 5.79. The van der Waals surface area contributed by atoms with E-state index >= 15 is 0 Å². The number of ketones is 1. The zero-order chi connectivity index (χ0) is 22.4. The first kappa shape index (κ1) is 26.1. The number of rotatable bonds is 6. The number of carbonyl (C=O) groups excluding carboxylic acids is 1. The summed E-state index contributed by atoms with van der Waals surface area (Å²) in [7, 11) is 0. The molecule has 1 unspecified atom stereocenters. The van der Waals surface area contributed by atoms with Gasteiger partial charge >= 0.3 is 5.97 Å². The van der Waals surface area contributed by atoms with Crippen molar-refractivity contribution in [1.82, 2.24) is 0 Å². The number of carboxylic acids is 1. The van der Waals surface area contributed by atoms with Crippen LogP contribution in [-0.2, 0) is 9.59 Å². The number of hydrogen-bond donors (Lipinski definition) is 2. The number of benzene rings is 1. The summed E-state index contributed by atoms with van der Waals surface area (Å²) in [6, 6.07) is 9.19. The molecule has 0 radical (unpaired) electrons. The fourth-order valence-electron chi connectivity index (χ4n) is 3.70. The second-order valence-corrected chi connectivity index (χ2v) is 7.81. The van der Waals surface area contributed by atoms with Crippen LogP contribution >= 0.6 is 11.6 Å². The van der Waals surface area contributed by atoms with Crippen LogP contribution in [0.4, 0.5) is 0 Å². The lowest BCUT2D eigenvalue weighted by Crippen LogP contribution is -3.14. The number of carbonyl (C=O) groups is 2. The molecule has 1 fully saturated rings. The lowest BCUT2D eigenvalue weighted by molar-refractivity contribution is -0.898. The molecule has 2 N–H and O–H groups in total. The molecule has 0 saturated carbocycles. The predicted octanol–water partition coefficient (Wildman–Crippen LogP) is 4.27. The van der Waals surface area contributed by atoms with E-state index in [1.54, 1.807) is 6.92 Å². The van der Waals surface area contributed by atoms with Gasteiger partial charge in [0, 0.05) is 12.0 Å². The summed E-state index contributed by atoms with van der Waals surface area (Å²) in [5.74, 6) is 0.0564. The van der Waals surface area contributed by atoms with Gasteiger partial charge in [-0.1, -0.05) is 61.9 Å². The van der Waals surface area contributed by atoms with Gasteiger partial charge in [0.15, 0.2) is 0 Å². The van der Waals surface area contributed by atoms with Crippen molar-refractivity contribution in [1.29, 1.82) is 0 Å². The maximum Gasteiger partial charge on any atom is 0.310 e. The van der Waals surface area contributed by atoms with Gasteiger partial charge in [-0.15, -0.1) is 11.6 Å². The molecule has 5 heteroatoms. The first-order valence-corrected chi connectivity index (χ1v) is 11.7. The molecule has 1 atom stereocenters. The molecule has 4 nitrogen and oxygen atoms in total. The van der Waals surface area contributed by atoms with Crippen LogP contribution in [-0.4, -0.2) is 42.9 Å². The summed E-state index contributed by atoms with van der Waals surface area (Å²) in [5.41, 5.74) is 1.79. The summed E-state index contributed by atoms with van der Waals surface area (Å²) in [5, 5.41) is 8.64. The van der Waals surface area contributed by atoms with E-state index in [-0.39, 0.29) is 0 Å². The van der Waals surface area contributed by atoms with E-state index in [1.165, 1.54) is 43.6 Å². The first-order valence-electron chi connectivity index (χ1n) is 10.9. The lowest BCUT2D eigenvalue weighted by Gasteiger charge is -2.28. The van der Waals surface area contributed by atoms with Gasteiger partial charge in [0.05, 0.1) is 19.0 Å². The predicted molar refractivity (Wildman–Crippen MR) is 124 cm³/mol. The summed E-state index contributed by atoms with van der Waals surface area (Å²) < 4.78 is 0. The number of quaternary nitrogens is 1. The molecule has 1 aliphatic carbocycles. The monoisotopic (exact) mass is 434 g/mol. The Labute approximate surface area is 186 Å². The molecule has 166 valence electrons. The number of carboxylic acid groups (broad SMARTS) is 1. The summed E-state index contributed by atoms with van der Waals surface area (Å²) >= 11 is 4.64. The van der Waals surface area contributed by atoms with E-state index in [2.05, 4.69) is 30.7 Å². The zero-order valence-corrected chi connectivity index (χ0v) is 19.3. The highest BCUT2D eigenvalue weighted by Gasteiger charge is 2.23. The summed E-state index contributed by atoms with van der Waals surface area (Å²) in [6.07, 6.45) is 13.7. The van der Waals surface area contributed by atoms with Crippen LogP contribution in [0.15, 0.2) is 54.1 Å². The molecule has 0 bridgehead atoms. The number of alkyl halides is 1. The zero-order valence-electron chi connectivity index (χ0n) is 18.6. The van der Waals surface area contributed by atoms with Gasteiger partial charge in [-0.25, -0.2) is 0 Å². The highest BCUT2D eigenvalue weighted by Crippen LogP contribution is 2.14. The van der Waals surface area contributed by atoms with Crippen LogP contribution in [0.25, 0.3) is 0 Å².